The largest absolute Gasteiger partial charge is 0.229 e. The maximum Gasteiger partial charge on any atom is 0.229 e. The van der Waals surface area contributed by atoms with Crippen LogP contribution >= 0.6 is 10.7 Å². The van der Waals surface area contributed by atoms with Crippen molar-refractivity contribution in [2.45, 2.75) is 0 Å². The van der Waals surface area contributed by atoms with Gasteiger partial charge in [-0.1, -0.05) is 6.07 Å². The smallest absolute Gasteiger partial charge is 0.213 e. The Balaban J connectivity index is 0.000000252. The third-order valence-electron chi connectivity index (χ3n) is 0.787. The first-order valence-corrected chi connectivity index (χ1v) is 5.81. The van der Waals surface area contributed by atoms with Crippen molar-refractivity contribution in [1.82, 2.24) is 0 Å². The predicted molar refractivity (Wildman–Crippen MR) is 47.1 cm³/mol. The van der Waals surface area contributed by atoms with Crippen molar-refractivity contribution in [1.29, 1.82) is 0 Å². The molecule has 0 heterocycles. The van der Waals surface area contributed by atoms with Crippen LogP contribution in [0.2, 0.25) is 0 Å². The fourth-order valence-electron chi connectivity index (χ4n) is 0.460. The van der Waals surface area contributed by atoms with E-state index < -0.39 is 20.7 Å². The standard InChI is InChI=1S/C6H4F2.CH3ClO2S/c7-5-2-1-3-6(8)4-5;1-5(2,3)4/h1-4H;1H3. The van der Waals surface area contributed by atoms with Gasteiger partial charge >= 0.3 is 0 Å². The van der Waals surface area contributed by atoms with Crippen molar-refractivity contribution in [3.05, 3.63) is 35.9 Å². The predicted octanol–water partition coefficient (Wildman–Crippen LogP) is 2.15. The molecule has 0 radical (unpaired) electrons. The Kier molecular flexibility index (Phi) is 4.87. The van der Waals surface area contributed by atoms with Crippen LogP contribution in [0.5, 0.6) is 0 Å². The molecule has 13 heavy (non-hydrogen) atoms. The Morgan fingerprint density at radius 3 is 1.69 bits per heavy atom. The lowest BCUT2D eigenvalue weighted by molar-refractivity contribution is 0.583. The van der Waals surface area contributed by atoms with Gasteiger partial charge in [-0.25, -0.2) is 17.2 Å². The molecule has 6 heteroatoms. The van der Waals surface area contributed by atoms with E-state index in [0.29, 0.717) is 0 Å². The van der Waals surface area contributed by atoms with Crippen LogP contribution in [0.15, 0.2) is 24.3 Å². The Hall–Kier alpha value is -0.680. The zero-order valence-electron chi connectivity index (χ0n) is 6.67. The molecule has 1 rings (SSSR count). The lowest BCUT2D eigenvalue weighted by Crippen LogP contribution is -1.76. The first kappa shape index (κ1) is 12.3. The topological polar surface area (TPSA) is 34.1 Å². The minimum atomic E-state index is -3.19. The molecule has 0 aromatic heterocycles. The molecule has 0 bridgehead atoms. The highest BCUT2D eigenvalue weighted by Crippen LogP contribution is 1.99. The lowest BCUT2D eigenvalue weighted by Gasteiger charge is -1.84. The summed E-state index contributed by atoms with van der Waals surface area (Å²) in [4.78, 5) is 0. The van der Waals surface area contributed by atoms with Gasteiger partial charge in [0.15, 0.2) is 0 Å². The van der Waals surface area contributed by atoms with Crippen LogP contribution in [-0.2, 0) is 9.05 Å². The van der Waals surface area contributed by atoms with E-state index in [-0.39, 0.29) is 0 Å². The maximum atomic E-state index is 11.9. The Morgan fingerprint density at radius 2 is 1.54 bits per heavy atom. The molecular formula is C7H7ClF2O2S. The molecule has 0 aliphatic carbocycles. The highest BCUT2D eigenvalue weighted by molar-refractivity contribution is 8.13. The molecule has 1 aromatic rings. The normalized spacial score (nSPS) is 10.2. The third kappa shape index (κ3) is 11.3. The molecule has 2 nitrogen and oxygen atoms in total. The summed E-state index contributed by atoms with van der Waals surface area (Å²) in [5, 5.41) is 0. The number of rotatable bonds is 0. The van der Waals surface area contributed by atoms with Crippen LogP contribution < -0.4 is 0 Å². The van der Waals surface area contributed by atoms with E-state index in [1.807, 2.05) is 0 Å². The monoisotopic (exact) mass is 228 g/mol. The molecule has 0 aliphatic rings. The van der Waals surface area contributed by atoms with Gasteiger partial charge in [0, 0.05) is 16.7 Å². The molecule has 0 N–H and O–H groups in total. The van der Waals surface area contributed by atoms with E-state index in [9.17, 15) is 17.2 Å². The van der Waals surface area contributed by atoms with Gasteiger partial charge in [0.1, 0.15) is 11.6 Å². The van der Waals surface area contributed by atoms with Crippen LogP contribution in [0.4, 0.5) is 8.78 Å². The van der Waals surface area contributed by atoms with E-state index in [1.165, 1.54) is 18.2 Å². The number of hydrogen-bond donors (Lipinski definition) is 0. The van der Waals surface area contributed by atoms with Gasteiger partial charge in [0.2, 0.25) is 9.05 Å². The van der Waals surface area contributed by atoms with Crippen LogP contribution in [0.1, 0.15) is 0 Å². The molecule has 0 fully saturated rings. The zero-order valence-corrected chi connectivity index (χ0v) is 8.24. The Labute approximate surface area is 79.6 Å². The molecule has 0 atom stereocenters. The van der Waals surface area contributed by atoms with Crippen molar-refractivity contribution < 1.29 is 17.2 Å². The highest BCUT2D eigenvalue weighted by Gasteiger charge is 1.88. The quantitative estimate of drug-likeness (QED) is 0.638. The summed E-state index contributed by atoms with van der Waals surface area (Å²) < 4.78 is 42.6. The van der Waals surface area contributed by atoms with Crippen molar-refractivity contribution >= 4 is 19.7 Å². The van der Waals surface area contributed by atoms with Crippen molar-refractivity contribution in [2.75, 3.05) is 6.26 Å². The maximum absolute atomic E-state index is 11.9. The number of hydrogen-bond acceptors (Lipinski definition) is 2. The summed E-state index contributed by atoms with van der Waals surface area (Å²) in [7, 11) is 1.31. The van der Waals surface area contributed by atoms with Gasteiger partial charge in [0.05, 0.1) is 6.26 Å². The second kappa shape index (κ2) is 5.14. The van der Waals surface area contributed by atoms with Crippen molar-refractivity contribution in [2.24, 2.45) is 0 Å². The van der Waals surface area contributed by atoms with Gasteiger partial charge in [-0.2, -0.15) is 0 Å². The molecule has 74 valence electrons. The lowest BCUT2D eigenvalue weighted by atomic mass is 10.3. The van der Waals surface area contributed by atoms with Crippen LogP contribution in [-0.4, -0.2) is 14.7 Å². The molecule has 0 spiro atoms. The Morgan fingerprint density at radius 1 is 1.23 bits per heavy atom. The molecule has 0 saturated carbocycles. The van der Waals surface area contributed by atoms with Crippen LogP contribution in [0, 0.1) is 11.6 Å². The molecular weight excluding hydrogens is 222 g/mol. The second-order valence-corrected chi connectivity index (χ2v) is 5.17. The summed E-state index contributed by atoms with van der Waals surface area (Å²) in [6.07, 6.45) is 0.925. The van der Waals surface area contributed by atoms with Crippen LogP contribution in [0.3, 0.4) is 0 Å². The summed E-state index contributed by atoms with van der Waals surface area (Å²) in [6, 6.07) is 4.55. The highest BCUT2D eigenvalue weighted by atomic mass is 35.7. The van der Waals surface area contributed by atoms with Gasteiger partial charge in [0.25, 0.3) is 0 Å². The summed E-state index contributed by atoms with van der Waals surface area (Å²) in [5.74, 6) is -1.07. The van der Waals surface area contributed by atoms with E-state index >= 15 is 0 Å². The molecule has 1 aromatic carbocycles. The SMILES string of the molecule is CS(=O)(=O)Cl.Fc1cccc(F)c1. The minimum Gasteiger partial charge on any atom is -0.213 e. The van der Waals surface area contributed by atoms with E-state index in [4.69, 9.17) is 0 Å². The molecule has 0 aliphatic heterocycles. The zero-order chi connectivity index (χ0) is 10.5. The molecule has 0 saturated heterocycles. The van der Waals surface area contributed by atoms with Gasteiger partial charge in [-0.15, -0.1) is 0 Å². The third-order valence-corrected chi connectivity index (χ3v) is 0.787. The minimum absolute atomic E-state index is 0.537. The van der Waals surface area contributed by atoms with E-state index in [2.05, 4.69) is 10.7 Å². The number of benzene rings is 1. The van der Waals surface area contributed by atoms with Crippen molar-refractivity contribution in [3.8, 4) is 0 Å². The van der Waals surface area contributed by atoms with Gasteiger partial charge < -0.3 is 0 Å². The molecule has 0 amide bonds. The van der Waals surface area contributed by atoms with Gasteiger partial charge in [-0.05, 0) is 12.1 Å². The first-order chi connectivity index (χ1) is 5.79. The van der Waals surface area contributed by atoms with Crippen molar-refractivity contribution in [3.63, 3.8) is 0 Å². The van der Waals surface area contributed by atoms with E-state index in [0.717, 1.165) is 12.3 Å². The number of halogens is 3. The first-order valence-electron chi connectivity index (χ1n) is 3.10. The average Bonchev–Trinajstić information content (AvgIpc) is 1.81. The summed E-state index contributed by atoms with van der Waals surface area (Å²) in [5.41, 5.74) is 0. The summed E-state index contributed by atoms with van der Waals surface area (Å²) in [6.45, 7) is 0. The second-order valence-electron chi connectivity index (χ2n) is 2.12. The Bertz CT molecular complexity index is 339. The summed E-state index contributed by atoms with van der Waals surface area (Å²) >= 11 is 0. The molecule has 0 unspecified atom stereocenters. The van der Waals surface area contributed by atoms with Crippen LogP contribution in [0.25, 0.3) is 0 Å². The fraction of sp³-hybridized carbons (Fsp3) is 0.143. The fourth-order valence-corrected chi connectivity index (χ4v) is 0.460. The average molecular weight is 229 g/mol. The van der Waals surface area contributed by atoms with Gasteiger partial charge in [-0.3, -0.25) is 0 Å². The van der Waals surface area contributed by atoms with E-state index in [1.54, 1.807) is 0 Å².